The maximum atomic E-state index is 12.6. The first kappa shape index (κ1) is 28.2. The standard InChI is InChI=1S/C32H49I2NO4/c1-9-30(38-8)25-29-13-12-18(15-19-14-17(19)2)22(33-23-20-10-11-21(36)24(39-25)32(20,23)29)27(29,6)16-31(30,35)28(7,37)34-26(3,4)5/h10-11,17-20,22-23,25,36-37H,9,12-16,35H2,1-8H3/q-2/t17?,18-,19?,20-,22-,23?,25+,27+,28-,29-,30-,31-,32?/m0/s1. The van der Waals surface area contributed by atoms with Gasteiger partial charge in [-0.25, -0.2) is 0 Å². The number of allylic oxidation sites excluding steroid dienone is 3. The van der Waals surface area contributed by atoms with E-state index in [1.54, 1.807) is 7.11 Å². The normalized spacial score (nSPS) is 56.2. The first-order chi connectivity index (χ1) is 18.1. The minimum absolute atomic E-state index is 0.0125. The molecule has 7 heteroatoms. The van der Waals surface area contributed by atoms with Crippen molar-refractivity contribution in [2.24, 2.45) is 45.7 Å². The molecule has 5 aliphatic carbocycles. The molecule has 0 aromatic carbocycles. The summed E-state index contributed by atoms with van der Waals surface area (Å²) in [5.74, 6) is 4.17. The number of aliphatic hydroxyl groups excluding tert-OH is 1. The molecule has 7 rings (SSSR count). The van der Waals surface area contributed by atoms with Crippen LogP contribution in [0.2, 0.25) is 0 Å². The molecule has 13 atom stereocenters. The fourth-order valence-corrected chi connectivity index (χ4v) is 22.0. The van der Waals surface area contributed by atoms with Crippen LogP contribution < -0.4 is 48.1 Å². The maximum absolute atomic E-state index is 12.6. The van der Waals surface area contributed by atoms with Crippen molar-refractivity contribution in [2.75, 3.05) is 7.11 Å². The van der Waals surface area contributed by atoms with E-state index in [1.807, 2.05) is 13.0 Å². The number of nitrogens with two attached hydrogens (primary N) is 1. The molecule has 2 aliphatic heterocycles. The van der Waals surface area contributed by atoms with Crippen molar-refractivity contribution in [2.45, 2.75) is 119 Å². The second-order valence-electron chi connectivity index (χ2n) is 15.5. The summed E-state index contributed by atoms with van der Waals surface area (Å²) >= 11 is -0.854. The van der Waals surface area contributed by atoms with Crippen LogP contribution in [0.1, 0.15) is 87.0 Å². The van der Waals surface area contributed by atoms with Crippen molar-refractivity contribution < 1.29 is 62.1 Å². The van der Waals surface area contributed by atoms with Gasteiger partial charge >= 0.3 is 258 Å². The molecule has 4 saturated carbocycles. The molecule has 5 nitrogen and oxygen atoms in total. The molecule has 2 spiro atoms. The SMILES string of the molecule is CC[C@]1(OC)[C@@H]2OC3=C(O)C=C[C@H]4C5[I-][C@H]6[C@H](CC7CC7C)CC[C@@]2(C354)[C@]6(C)C[C@]1(N)[C@](C)(O)[I-]C(C)(C)C. The zero-order valence-corrected chi connectivity index (χ0v) is 29.3. The molecular weight excluding hydrogens is 716 g/mol. The summed E-state index contributed by atoms with van der Waals surface area (Å²) < 4.78 is 14.2. The number of methoxy groups -OCH3 is 1. The van der Waals surface area contributed by atoms with Crippen molar-refractivity contribution in [3.8, 4) is 0 Å². The molecule has 0 aromatic rings. The molecule has 0 amide bonds. The molecule has 6 fully saturated rings. The molecule has 4 N–H and O–H groups in total. The molecule has 4 unspecified atom stereocenters. The zero-order valence-electron chi connectivity index (χ0n) is 25.0. The van der Waals surface area contributed by atoms with Crippen molar-refractivity contribution >= 4 is 0 Å². The number of hydrogen-bond donors (Lipinski definition) is 3. The number of halogens is 2. The van der Waals surface area contributed by atoms with E-state index in [9.17, 15) is 10.2 Å². The van der Waals surface area contributed by atoms with Gasteiger partial charge in [-0.3, -0.25) is 0 Å². The molecule has 39 heavy (non-hydrogen) atoms. The van der Waals surface area contributed by atoms with E-state index in [2.05, 4.69) is 47.6 Å². The number of aliphatic hydroxyl groups is 2. The molecule has 2 bridgehead atoms. The fourth-order valence-electron chi connectivity index (χ4n) is 11.2. The Balaban J connectivity index is 1.46. The number of ether oxygens (including phenoxy) is 2. The van der Waals surface area contributed by atoms with Gasteiger partial charge in [0.25, 0.3) is 0 Å². The molecule has 0 aromatic heterocycles. The van der Waals surface area contributed by atoms with E-state index in [-0.39, 0.29) is 47.0 Å². The Morgan fingerprint density at radius 3 is 2.51 bits per heavy atom. The van der Waals surface area contributed by atoms with Gasteiger partial charge < -0.3 is 0 Å². The van der Waals surface area contributed by atoms with Crippen LogP contribution in [-0.2, 0) is 9.47 Å². The first-order valence-electron chi connectivity index (χ1n) is 15.2. The third-order valence-corrected chi connectivity index (χ3v) is 22.1. The van der Waals surface area contributed by atoms with Gasteiger partial charge in [0, 0.05) is 0 Å². The summed E-state index contributed by atoms with van der Waals surface area (Å²) in [5.41, 5.74) is 5.76. The third-order valence-electron chi connectivity index (χ3n) is 12.8. The average Bonchev–Trinajstić information content (AvgIpc) is 3.66. The Hall–Kier alpha value is 0.420. The predicted octanol–water partition coefficient (Wildman–Crippen LogP) is -0.878. The van der Waals surface area contributed by atoms with Crippen LogP contribution in [0.25, 0.3) is 0 Å². The summed E-state index contributed by atoms with van der Waals surface area (Å²) in [4.78, 5) is 0. The van der Waals surface area contributed by atoms with Gasteiger partial charge in [-0.05, 0) is 0 Å². The number of fused-ring (bicyclic) bond motifs is 1. The predicted molar refractivity (Wildman–Crippen MR) is 144 cm³/mol. The van der Waals surface area contributed by atoms with Crippen LogP contribution in [-0.4, -0.2) is 49.4 Å². The second kappa shape index (κ2) is 8.12. The molecule has 0 radical (unpaired) electrons. The van der Waals surface area contributed by atoms with Gasteiger partial charge in [0.1, 0.15) is 0 Å². The Labute approximate surface area is 256 Å². The summed E-state index contributed by atoms with van der Waals surface area (Å²) in [5, 5.41) is 24.0. The molecule has 7 aliphatic rings. The quantitative estimate of drug-likeness (QED) is 0.242. The van der Waals surface area contributed by atoms with E-state index in [0.29, 0.717) is 25.9 Å². The number of alkyl halides is 4. The van der Waals surface area contributed by atoms with Crippen molar-refractivity contribution in [1.82, 2.24) is 0 Å². The number of rotatable bonds is 6. The van der Waals surface area contributed by atoms with Gasteiger partial charge in [0.15, 0.2) is 0 Å². The number of hydrogen-bond acceptors (Lipinski definition) is 5. The summed E-state index contributed by atoms with van der Waals surface area (Å²) in [6, 6.07) is 0. The Bertz CT molecular complexity index is 1160. The average molecular weight is 766 g/mol. The van der Waals surface area contributed by atoms with Gasteiger partial charge in [0.05, 0.1) is 0 Å². The van der Waals surface area contributed by atoms with Crippen LogP contribution >= 0.6 is 0 Å². The zero-order chi connectivity index (χ0) is 28.2. The van der Waals surface area contributed by atoms with E-state index < -0.39 is 36.0 Å². The Morgan fingerprint density at radius 2 is 1.92 bits per heavy atom. The van der Waals surface area contributed by atoms with Gasteiger partial charge in [-0.15, -0.1) is 0 Å². The monoisotopic (exact) mass is 765 g/mol. The molecule has 2 saturated heterocycles. The topological polar surface area (TPSA) is 84.9 Å². The molecular formula is C32H49I2NO4-2. The van der Waals surface area contributed by atoms with Crippen LogP contribution in [0.3, 0.4) is 0 Å². The minimum atomic E-state index is -1.04. The van der Waals surface area contributed by atoms with E-state index in [0.717, 1.165) is 36.4 Å². The van der Waals surface area contributed by atoms with Gasteiger partial charge in [-0.2, -0.15) is 0 Å². The summed E-state index contributed by atoms with van der Waals surface area (Å²) in [6.45, 7) is 15.9. The Kier molecular flexibility index (Phi) is 5.87. The third kappa shape index (κ3) is 3.04. The summed E-state index contributed by atoms with van der Waals surface area (Å²) in [6.07, 6.45) is 10.6. The fraction of sp³-hybridized carbons (Fsp3) is 0.875. The van der Waals surface area contributed by atoms with Gasteiger partial charge in [-0.1, -0.05) is 0 Å². The van der Waals surface area contributed by atoms with Crippen LogP contribution in [0, 0.1) is 39.9 Å². The Morgan fingerprint density at radius 1 is 1.23 bits per heavy atom. The second-order valence-corrected chi connectivity index (χ2v) is 24.8. The van der Waals surface area contributed by atoms with Crippen LogP contribution in [0.5, 0.6) is 0 Å². The van der Waals surface area contributed by atoms with Crippen LogP contribution in [0.15, 0.2) is 23.7 Å². The molecule has 222 valence electrons. The van der Waals surface area contributed by atoms with Crippen molar-refractivity contribution in [3.63, 3.8) is 0 Å². The van der Waals surface area contributed by atoms with E-state index >= 15 is 0 Å². The van der Waals surface area contributed by atoms with Crippen molar-refractivity contribution in [1.29, 1.82) is 0 Å². The van der Waals surface area contributed by atoms with Crippen molar-refractivity contribution in [3.05, 3.63) is 23.7 Å². The van der Waals surface area contributed by atoms with E-state index in [4.69, 9.17) is 15.2 Å². The first-order valence-corrected chi connectivity index (χ1v) is 19.9. The van der Waals surface area contributed by atoms with Gasteiger partial charge in [0.2, 0.25) is 0 Å². The molecule has 2 heterocycles. The van der Waals surface area contributed by atoms with E-state index in [1.165, 1.54) is 19.3 Å². The summed E-state index contributed by atoms with van der Waals surface area (Å²) in [7, 11) is 1.81. The van der Waals surface area contributed by atoms with Crippen LogP contribution in [0.4, 0.5) is 0 Å².